The van der Waals surface area contributed by atoms with Crippen LogP contribution in [0.2, 0.25) is 0 Å². The Hall–Kier alpha value is -2.41. The molecule has 1 N–H and O–H groups in total. The van der Waals surface area contributed by atoms with Crippen LogP contribution in [0.15, 0.2) is 30.7 Å². The van der Waals surface area contributed by atoms with Crippen LogP contribution < -0.4 is 10.2 Å². The monoisotopic (exact) mass is 356 g/mol. The molecule has 2 aromatic rings. The van der Waals surface area contributed by atoms with Crippen molar-refractivity contribution < 1.29 is 4.79 Å². The van der Waals surface area contributed by atoms with Gasteiger partial charge in [0.25, 0.3) is 0 Å². The van der Waals surface area contributed by atoms with Crippen LogP contribution in [0, 0.1) is 6.92 Å². The molecule has 1 saturated heterocycles. The predicted octanol–water partition coefficient (Wildman–Crippen LogP) is 1.61. The van der Waals surface area contributed by atoms with E-state index in [2.05, 4.69) is 32.1 Å². The van der Waals surface area contributed by atoms with Gasteiger partial charge in [-0.15, -0.1) is 0 Å². The summed E-state index contributed by atoms with van der Waals surface area (Å²) in [5, 5.41) is 3.05. The Labute approximate surface area is 155 Å². The molecule has 1 fully saturated rings. The van der Waals surface area contributed by atoms with Gasteiger partial charge < -0.3 is 19.7 Å². The first-order valence-electron chi connectivity index (χ1n) is 9.21. The number of rotatable bonds is 5. The van der Waals surface area contributed by atoms with Crippen LogP contribution >= 0.6 is 0 Å². The molecule has 0 aromatic carbocycles. The number of nitrogens with zero attached hydrogens (tertiary/aromatic N) is 5. The number of amides is 1. The lowest BCUT2D eigenvalue weighted by atomic mass is 10.2. The maximum atomic E-state index is 12.6. The molecule has 0 aliphatic carbocycles. The van der Waals surface area contributed by atoms with Crippen LogP contribution in [0.3, 0.4) is 0 Å². The molecule has 0 spiro atoms. The van der Waals surface area contributed by atoms with Gasteiger partial charge in [0, 0.05) is 50.3 Å². The van der Waals surface area contributed by atoms with Gasteiger partial charge >= 0.3 is 0 Å². The number of pyridine rings is 1. The summed E-state index contributed by atoms with van der Waals surface area (Å²) in [4.78, 5) is 26.0. The molecule has 7 heteroatoms. The molecule has 0 bridgehead atoms. The summed E-state index contributed by atoms with van der Waals surface area (Å²) >= 11 is 0. The standard InChI is InChI=1S/C19H28N6O/c1-15(25-11-8-20-16(25)2)19(26)22-14-17-6-4-7-21-18(17)24-10-5-9-23(3)12-13-24/h4,6-8,11,15H,5,9-10,12-14H2,1-3H3,(H,22,26)/t15-/m0/s1. The molecule has 0 radical (unpaired) electrons. The van der Waals surface area contributed by atoms with Crippen molar-refractivity contribution in [3.8, 4) is 0 Å². The highest BCUT2D eigenvalue weighted by atomic mass is 16.2. The molecule has 1 aliphatic rings. The van der Waals surface area contributed by atoms with Crippen LogP contribution in [-0.2, 0) is 11.3 Å². The summed E-state index contributed by atoms with van der Waals surface area (Å²) in [6, 6.07) is 3.69. The SMILES string of the molecule is Cc1nccn1[C@@H](C)C(=O)NCc1cccnc1N1CCCN(C)CC1. The van der Waals surface area contributed by atoms with Crippen molar-refractivity contribution in [1.29, 1.82) is 0 Å². The Balaban J connectivity index is 1.67. The summed E-state index contributed by atoms with van der Waals surface area (Å²) in [5.74, 6) is 1.80. The third-order valence-electron chi connectivity index (χ3n) is 5.00. The first kappa shape index (κ1) is 18.4. The molecule has 0 unspecified atom stereocenters. The van der Waals surface area contributed by atoms with Crippen molar-refractivity contribution in [2.75, 3.05) is 38.1 Å². The van der Waals surface area contributed by atoms with Gasteiger partial charge in [-0.2, -0.15) is 0 Å². The third kappa shape index (κ3) is 4.22. The molecule has 1 aliphatic heterocycles. The quantitative estimate of drug-likeness (QED) is 0.882. The third-order valence-corrected chi connectivity index (χ3v) is 5.00. The van der Waals surface area contributed by atoms with E-state index in [9.17, 15) is 4.79 Å². The maximum Gasteiger partial charge on any atom is 0.243 e. The minimum atomic E-state index is -0.288. The van der Waals surface area contributed by atoms with Crippen molar-refractivity contribution in [3.63, 3.8) is 0 Å². The summed E-state index contributed by atoms with van der Waals surface area (Å²) in [5.41, 5.74) is 1.06. The van der Waals surface area contributed by atoms with Crippen LogP contribution in [0.4, 0.5) is 5.82 Å². The average molecular weight is 356 g/mol. The zero-order valence-electron chi connectivity index (χ0n) is 15.9. The largest absolute Gasteiger partial charge is 0.355 e. The van der Waals surface area contributed by atoms with Crippen molar-refractivity contribution in [3.05, 3.63) is 42.1 Å². The Morgan fingerprint density at radius 2 is 2.08 bits per heavy atom. The van der Waals surface area contributed by atoms with Crippen molar-refractivity contribution >= 4 is 11.7 Å². The first-order valence-corrected chi connectivity index (χ1v) is 9.21. The highest BCUT2D eigenvalue weighted by molar-refractivity contribution is 5.80. The smallest absolute Gasteiger partial charge is 0.243 e. The van der Waals surface area contributed by atoms with Gasteiger partial charge in [-0.25, -0.2) is 9.97 Å². The van der Waals surface area contributed by atoms with Crippen molar-refractivity contribution in [2.45, 2.75) is 32.9 Å². The minimum absolute atomic E-state index is 0.0171. The summed E-state index contributed by atoms with van der Waals surface area (Å²) in [6.45, 7) is 8.35. The number of hydrogen-bond acceptors (Lipinski definition) is 5. The van der Waals surface area contributed by atoms with Crippen LogP contribution in [-0.4, -0.2) is 58.6 Å². The van der Waals surface area contributed by atoms with Crippen LogP contribution in [0.25, 0.3) is 0 Å². The lowest BCUT2D eigenvalue weighted by Gasteiger charge is -2.24. The molecule has 0 saturated carbocycles. The summed E-state index contributed by atoms with van der Waals surface area (Å²) < 4.78 is 1.88. The van der Waals surface area contributed by atoms with Gasteiger partial charge in [-0.1, -0.05) is 6.07 Å². The predicted molar refractivity (Wildman–Crippen MR) is 102 cm³/mol. The number of anilines is 1. The molecule has 3 rings (SSSR count). The topological polar surface area (TPSA) is 66.3 Å². The van der Waals surface area contributed by atoms with E-state index in [1.54, 1.807) is 6.20 Å². The number of nitrogens with one attached hydrogen (secondary N) is 1. The van der Waals surface area contributed by atoms with Gasteiger partial charge in [-0.05, 0) is 39.9 Å². The fourth-order valence-corrected chi connectivity index (χ4v) is 3.36. The molecular formula is C19H28N6O. The second kappa shape index (κ2) is 8.31. The van der Waals surface area contributed by atoms with E-state index in [1.165, 1.54) is 0 Å². The molecule has 7 nitrogen and oxygen atoms in total. The van der Waals surface area contributed by atoms with Gasteiger partial charge in [0.05, 0.1) is 0 Å². The Morgan fingerprint density at radius 1 is 1.23 bits per heavy atom. The maximum absolute atomic E-state index is 12.6. The number of aromatic nitrogens is 3. The molecule has 26 heavy (non-hydrogen) atoms. The number of imidazole rings is 1. The highest BCUT2D eigenvalue weighted by Crippen LogP contribution is 2.19. The molecule has 3 heterocycles. The molecule has 1 atom stereocenters. The zero-order valence-corrected chi connectivity index (χ0v) is 15.9. The first-order chi connectivity index (χ1) is 12.6. The average Bonchev–Trinajstić information content (AvgIpc) is 2.96. The van der Waals surface area contributed by atoms with Crippen molar-refractivity contribution in [1.82, 2.24) is 24.8 Å². The van der Waals surface area contributed by atoms with Gasteiger partial charge in [0.15, 0.2) is 0 Å². The van der Waals surface area contributed by atoms with Crippen molar-refractivity contribution in [2.24, 2.45) is 0 Å². The van der Waals surface area contributed by atoms with Crippen LogP contribution in [0.1, 0.15) is 30.8 Å². The van der Waals surface area contributed by atoms with E-state index in [4.69, 9.17) is 0 Å². The lowest BCUT2D eigenvalue weighted by Crippen LogP contribution is -2.33. The van der Waals surface area contributed by atoms with E-state index in [0.29, 0.717) is 6.54 Å². The fourth-order valence-electron chi connectivity index (χ4n) is 3.36. The van der Waals surface area contributed by atoms with Gasteiger partial charge in [0.2, 0.25) is 5.91 Å². The number of aryl methyl sites for hydroxylation is 1. The Bertz CT molecular complexity index is 743. The summed E-state index contributed by atoms with van der Waals surface area (Å²) in [6.07, 6.45) is 6.50. The van der Waals surface area contributed by atoms with E-state index < -0.39 is 0 Å². The molecular weight excluding hydrogens is 328 g/mol. The van der Waals surface area contributed by atoms with Gasteiger partial charge in [0.1, 0.15) is 17.7 Å². The molecule has 140 valence electrons. The Morgan fingerprint density at radius 3 is 2.85 bits per heavy atom. The van der Waals surface area contributed by atoms with E-state index in [-0.39, 0.29) is 11.9 Å². The second-order valence-corrected chi connectivity index (χ2v) is 6.91. The number of carbonyl (C=O) groups excluding carboxylic acids is 1. The number of likely N-dealkylation sites (N-methyl/N-ethyl adjacent to an activating group) is 1. The van der Waals surface area contributed by atoms with E-state index in [0.717, 1.165) is 49.8 Å². The fraction of sp³-hybridized carbons (Fsp3) is 0.526. The second-order valence-electron chi connectivity index (χ2n) is 6.91. The summed E-state index contributed by atoms with van der Waals surface area (Å²) in [7, 11) is 2.16. The highest BCUT2D eigenvalue weighted by Gasteiger charge is 2.19. The van der Waals surface area contributed by atoms with E-state index in [1.807, 2.05) is 42.9 Å². The normalized spacial score (nSPS) is 17.0. The zero-order chi connectivity index (χ0) is 18.5. The minimum Gasteiger partial charge on any atom is -0.355 e. The molecule has 2 aromatic heterocycles. The Kier molecular flexibility index (Phi) is 5.88. The van der Waals surface area contributed by atoms with Gasteiger partial charge in [-0.3, -0.25) is 4.79 Å². The number of carbonyl (C=O) groups is 1. The van der Waals surface area contributed by atoms with Crippen LogP contribution in [0.5, 0.6) is 0 Å². The molecule has 1 amide bonds. The number of hydrogen-bond donors (Lipinski definition) is 1. The lowest BCUT2D eigenvalue weighted by molar-refractivity contribution is -0.124. The van der Waals surface area contributed by atoms with E-state index >= 15 is 0 Å².